The van der Waals surface area contributed by atoms with Crippen LogP contribution in [0.15, 0.2) is 188 Å². The monoisotopic (exact) mass is 791 g/mol. The van der Waals surface area contributed by atoms with Crippen molar-refractivity contribution in [2.45, 2.75) is 43.9 Å². The normalized spacial score (nSPS) is 16.4. The lowest BCUT2D eigenvalue weighted by atomic mass is 9.61. The van der Waals surface area contributed by atoms with Gasteiger partial charge in [0.15, 0.2) is 0 Å². The van der Waals surface area contributed by atoms with Gasteiger partial charge < -0.3 is 4.57 Å². The molecule has 0 saturated carbocycles. The molecule has 1 nitrogen and oxygen atoms in total. The number of nitrogens with zero attached hydrogens (tertiary/aromatic N) is 1. The van der Waals surface area contributed by atoms with Gasteiger partial charge in [0.2, 0.25) is 0 Å². The van der Waals surface area contributed by atoms with Crippen molar-refractivity contribution >= 4 is 44.7 Å². The van der Waals surface area contributed by atoms with Crippen LogP contribution in [0.25, 0.3) is 72.7 Å². The van der Waals surface area contributed by atoms with Crippen molar-refractivity contribution in [1.82, 2.24) is 4.57 Å². The molecule has 4 aliphatic rings. The third-order valence-electron chi connectivity index (χ3n) is 15.1. The van der Waals surface area contributed by atoms with Crippen molar-refractivity contribution in [3.8, 4) is 27.9 Å². The molecule has 62 heavy (non-hydrogen) atoms. The summed E-state index contributed by atoms with van der Waals surface area (Å²) in [6.07, 6.45) is 6.75. The summed E-state index contributed by atoms with van der Waals surface area (Å²) in [6.45, 7) is 4.74. The van der Waals surface area contributed by atoms with Crippen LogP contribution in [0.4, 0.5) is 0 Å². The zero-order chi connectivity index (χ0) is 41.1. The largest absolute Gasteiger partial charge is 0.309 e. The molecule has 1 heterocycles. The summed E-state index contributed by atoms with van der Waals surface area (Å²) in [6, 6.07) is 71.1. The molecule has 1 heteroatoms. The first-order valence-electron chi connectivity index (χ1n) is 22.4. The zero-order valence-electron chi connectivity index (χ0n) is 35.1. The Morgan fingerprint density at radius 1 is 0.419 bits per heavy atom. The molecular weight excluding hydrogens is 747 g/mol. The lowest BCUT2D eigenvalue weighted by molar-refractivity contribution is 0.490. The number of hydrogen-bond donors (Lipinski definition) is 0. The Labute approximate surface area is 363 Å². The van der Waals surface area contributed by atoms with E-state index in [1.165, 1.54) is 116 Å². The Morgan fingerprint density at radius 3 is 1.58 bits per heavy atom. The summed E-state index contributed by atoms with van der Waals surface area (Å²) in [5.74, 6) is 0.551. The van der Waals surface area contributed by atoms with Gasteiger partial charge in [-0.1, -0.05) is 184 Å². The van der Waals surface area contributed by atoms with Crippen LogP contribution >= 0.6 is 0 Å². The summed E-state index contributed by atoms with van der Waals surface area (Å²) in [7, 11) is 0. The van der Waals surface area contributed by atoms with Gasteiger partial charge in [-0.05, 0) is 132 Å². The first-order chi connectivity index (χ1) is 30.6. The first kappa shape index (κ1) is 35.5. The highest BCUT2D eigenvalue weighted by atomic mass is 15.0. The lowest BCUT2D eigenvalue weighted by Gasteiger charge is -2.42. The number of para-hydroxylation sites is 2. The molecule has 14 rings (SSSR count). The average Bonchev–Trinajstić information content (AvgIpc) is 3.82. The molecule has 10 aromatic rings. The highest BCUT2D eigenvalue weighted by Gasteiger charge is 2.42. The van der Waals surface area contributed by atoms with Crippen LogP contribution in [-0.2, 0) is 5.41 Å². The van der Waals surface area contributed by atoms with E-state index in [0.29, 0.717) is 0 Å². The first-order valence-corrected chi connectivity index (χ1v) is 22.4. The Balaban J connectivity index is 0.863. The van der Waals surface area contributed by atoms with Crippen LogP contribution in [0.3, 0.4) is 0 Å². The molecule has 2 bridgehead atoms. The van der Waals surface area contributed by atoms with Crippen molar-refractivity contribution in [2.75, 3.05) is 0 Å². The Hall–Kier alpha value is -7.22. The smallest absolute Gasteiger partial charge is 0.0541 e. The van der Waals surface area contributed by atoms with E-state index in [9.17, 15) is 0 Å². The molecule has 0 atom stereocenters. The highest BCUT2D eigenvalue weighted by molar-refractivity contribution is 6.09. The van der Waals surface area contributed by atoms with Crippen LogP contribution in [0.1, 0.15) is 94.2 Å². The molecule has 0 spiro atoms. The quantitative estimate of drug-likeness (QED) is 0.148. The second kappa shape index (κ2) is 13.4. The average molecular weight is 792 g/mol. The van der Waals surface area contributed by atoms with Crippen molar-refractivity contribution in [2.24, 2.45) is 0 Å². The third kappa shape index (κ3) is 4.85. The molecule has 0 amide bonds. The van der Waals surface area contributed by atoms with E-state index in [1.54, 1.807) is 0 Å². The van der Waals surface area contributed by atoms with Crippen molar-refractivity contribution in [3.63, 3.8) is 0 Å². The number of rotatable bonds is 6. The molecule has 0 N–H and O–H groups in total. The Kier molecular flexibility index (Phi) is 7.67. The molecule has 1 aromatic heterocycles. The summed E-state index contributed by atoms with van der Waals surface area (Å²) in [5, 5.41) is 5.16. The molecule has 0 fully saturated rings. The fourth-order valence-corrected chi connectivity index (χ4v) is 12.2. The maximum atomic E-state index is 2.50. The number of benzene rings is 9. The fourth-order valence-electron chi connectivity index (χ4n) is 12.2. The van der Waals surface area contributed by atoms with Crippen LogP contribution in [-0.4, -0.2) is 4.57 Å². The summed E-state index contributed by atoms with van der Waals surface area (Å²) in [4.78, 5) is 0. The molecule has 294 valence electrons. The molecule has 0 unspecified atom stereocenters. The third-order valence-corrected chi connectivity index (χ3v) is 15.1. The highest BCUT2D eigenvalue weighted by Crippen LogP contribution is 2.57. The van der Waals surface area contributed by atoms with E-state index >= 15 is 0 Å². The predicted molar refractivity (Wildman–Crippen MR) is 261 cm³/mol. The van der Waals surface area contributed by atoms with Crippen molar-refractivity contribution < 1.29 is 0 Å². The minimum atomic E-state index is -0.0594. The standard InChI is InChI=1S/C61H45N/c1-3-61(4-2)55-35-38(26-31-45(55)46-34-30-41(37-56(46)61)62-57-23-13-11-17-47(57)48-18-12-14-24-58(48)62)25-27-39-28-32-43(44-16-6-5-15-42(39)44)40-29-33-53-54(36-40)60-51-21-9-7-19-49(51)59(53)50-20-8-10-22-52(50)60/h5-37,59-60H,3-4H2,1-2H3/b27-25+. The second-order valence-corrected chi connectivity index (χ2v) is 17.7. The predicted octanol–water partition coefficient (Wildman–Crippen LogP) is 15.8. The van der Waals surface area contributed by atoms with E-state index in [4.69, 9.17) is 0 Å². The topological polar surface area (TPSA) is 4.93 Å². The van der Waals surface area contributed by atoms with Gasteiger partial charge in [-0.15, -0.1) is 0 Å². The van der Waals surface area contributed by atoms with Crippen molar-refractivity contribution in [1.29, 1.82) is 0 Å². The fraction of sp³-hybridized carbons (Fsp3) is 0.115. The van der Waals surface area contributed by atoms with Gasteiger partial charge in [-0.2, -0.15) is 0 Å². The van der Waals surface area contributed by atoms with Gasteiger partial charge in [0.25, 0.3) is 0 Å². The van der Waals surface area contributed by atoms with Gasteiger partial charge in [0.05, 0.1) is 11.0 Å². The summed E-state index contributed by atoms with van der Waals surface area (Å²) >= 11 is 0. The minimum Gasteiger partial charge on any atom is -0.309 e. The molecule has 4 aliphatic carbocycles. The number of hydrogen-bond acceptors (Lipinski definition) is 0. The second-order valence-electron chi connectivity index (χ2n) is 17.7. The zero-order valence-corrected chi connectivity index (χ0v) is 35.1. The molecule has 9 aromatic carbocycles. The summed E-state index contributed by atoms with van der Waals surface area (Å²) in [5.41, 5.74) is 23.1. The van der Waals surface area contributed by atoms with E-state index in [-0.39, 0.29) is 17.3 Å². The lowest BCUT2D eigenvalue weighted by Crippen LogP contribution is -2.27. The van der Waals surface area contributed by atoms with E-state index in [2.05, 4.69) is 219 Å². The van der Waals surface area contributed by atoms with Crippen LogP contribution < -0.4 is 0 Å². The van der Waals surface area contributed by atoms with Crippen molar-refractivity contribution in [3.05, 3.63) is 244 Å². The van der Waals surface area contributed by atoms with Gasteiger partial charge in [0, 0.05) is 33.7 Å². The SMILES string of the molecule is CCC1(CC)c2cc(/C=C/c3ccc(-c4ccc5c(c4)C4c6ccccc6C5c5ccccc54)c4ccccc34)ccc2-c2ccc(-n3c4ccccc4c4ccccc43)cc21. The van der Waals surface area contributed by atoms with Crippen LogP contribution in [0, 0.1) is 0 Å². The minimum absolute atomic E-state index is 0.0594. The maximum Gasteiger partial charge on any atom is 0.0541 e. The van der Waals surface area contributed by atoms with Crippen LogP contribution in [0.2, 0.25) is 0 Å². The Morgan fingerprint density at radius 2 is 0.935 bits per heavy atom. The maximum absolute atomic E-state index is 2.50. The molecule has 0 saturated heterocycles. The van der Waals surface area contributed by atoms with E-state index in [1.807, 2.05) is 0 Å². The van der Waals surface area contributed by atoms with Crippen LogP contribution in [0.5, 0.6) is 0 Å². The summed E-state index contributed by atoms with van der Waals surface area (Å²) < 4.78 is 2.46. The van der Waals surface area contributed by atoms with Gasteiger partial charge >= 0.3 is 0 Å². The Bertz CT molecular complexity index is 3420. The molecule has 0 aliphatic heterocycles. The number of fused-ring (bicyclic) bond motifs is 7. The van der Waals surface area contributed by atoms with E-state index < -0.39 is 0 Å². The van der Waals surface area contributed by atoms with Gasteiger partial charge in [-0.25, -0.2) is 0 Å². The van der Waals surface area contributed by atoms with Gasteiger partial charge in [-0.3, -0.25) is 0 Å². The van der Waals surface area contributed by atoms with Gasteiger partial charge in [0.1, 0.15) is 0 Å². The van der Waals surface area contributed by atoms with E-state index in [0.717, 1.165) is 12.8 Å². The number of aromatic nitrogens is 1. The molecular formula is C61H45N. The molecule has 0 radical (unpaired) electrons.